The minimum atomic E-state index is -0.0338. The SMILES string of the molecule is Cc1cc(/C=C2\C(=O)Nc3ccccc32)c2cccccc1-2. The first-order chi connectivity index (χ1) is 10.7. The van der Waals surface area contributed by atoms with Crippen LogP contribution in [0.15, 0.2) is 60.7 Å². The standard InChI is InChI=1S/C20H15NO/c1-13-11-14(16-8-4-2-3-7-15(13)16)12-18-17-9-5-6-10-19(17)21-20(18)22/h2-12H,1H3,(H,21,22)/b18-12-. The maximum absolute atomic E-state index is 12.3. The Morgan fingerprint density at radius 3 is 2.41 bits per heavy atom. The molecule has 0 aromatic heterocycles. The fourth-order valence-electron chi connectivity index (χ4n) is 3.09. The van der Waals surface area contributed by atoms with Gasteiger partial charge in [-0.1, -0.05) is 54.6 Å². The molecule has 22 heavy (non-hydrogen) atoms. The highest BCUT2D eigenvalue weighted by Crippen LogP contribution is 2.37. The molecule has 0 spiro atoms. The Bertz CT molecular complexity index is 892. The van der Waals surface area contributed by atoms with Crippen LogP contribution in [-0.2, 0) is 4.79 Å². The summed E-state index contributed by atoms with van der Waals surface area (Å²) in [5.41, 5.74) is 7.30. The third-order valence-corrected chi connectivity index (χ3v) is 4.16. The largest absolute Gasteiger partial charge is 0.321 e. The number of carbonyl (C=O) groups is 1. The lowest BCUT2D eigenvalue weighted by molar-refractivity contribution is -0.110. The average molecular weight is 285 g/mol. The van der Waals surface area contributed by atoms with E-state index in [1.165, 1.54) is 16.7 Å². The van der Waals surface area contributed by atoms with Crippen LogP contribution in [0.2, 0.25) is 0 Å². The number of hydrogen-bond donors (Lipinski definition) is 1. The number of hydrogen-bond acceptors (Lipinski definition) is 1. The van der Waals surface area contributed by atoms with Crippen LogP contribution >= 0.6 is 0 Å². The molecule has 0 saturated heterocycles. The minimum absolute atomic E-state index is 0.0338. The molecule has 1 N–H and O–H groups in total. The predicted octanol–water partition coefficient (Wildman–Crippen LogP) is 4.59. The number of fused-ring (bicyclic) bond motifs is 2. The third kappa shape index (κ3) is 1.92. The maximum atomic E-state index is 12.3. The second-order valence-electron chi connectivity index (χ2n) is 5.58. The van der Waals surface area contributed by atoms with E-state index in [-0.39, 0.29) is 5.91 Å². The molecule has 0 fully saturated rings. The molecule has 1 aromatic rings. The first-order valence-corrected chi connectivity index (χ1v) is 7.35. The topological polar surface area (TPSA) is 29.1 Å². The number of anilines is 1. The summed E-state index contributed by atoms with van der Waals surface area (Å²) in [7, 11) is 0. The number of para-hydroxylation sites is 1. The summed E-state index contributed by atoms with van der Waals surface area (Å²) in [6.07, 6.45) is 2.00. The van der Waals surface area contributed by atoms with Crippen molar-refractivity contribution in [3.05, 3.63) is 77.4 Å². The Kier molecular flexibility index (Phi) is 2.83. The molecule has 0 radical (unpaired) electrons. The molecule has 0 unspecified atom stereocenters. The van der Waals surface area contributed by atoms with E-state index < -0.39 is 0 Å². The quantitative estimate of drug-likeness (QED) is 0.651. The molecular weight excluding hydrogens is 270 g/mol. The Morgan fingerprint density at radius 2 is 1.55 bits per heavy atom. The molecule has 2 heteroatoms. The van der Waals surface area contributed by atoms with Crippen molar-refractivity contribution in [2.75, 3.05) is 5.32 Å². The Labute approximate surface area is 129 Å². The van der Waals surface area contributed by atoms with Gasteiger partial charge in [-0.25, -0.2) is 0 Å². The van der Waals surface area contributed by atoms with Crippen LogP contribution in [0.25, 0.3) is 22.8 Å². The molecule has 1 heterocycles. The highest BCUT2D eigenvalue weighted by Gasteiger charge is 2.24. The molecule has 3 aliphatic rings. The highest BCUT2D eigenvalue weighted by molar-refractivity contribution is 6.35. The lowest BCUT2D eigenvalue weighted by Crippen LogP contribution is -2.03. The summed E-state index contributed by atoms with van der Waals surface area (Å²) in [5.74, 6) is -0.0338. The van der Waals surface area contributed by atoms with E-state index in [0.29, 0.717) is 0 Å². The van der Waals surface area contributed by atoms with Crippen molar-refractivity contribution in [3.63, 3.8) is 0 Å². The fourth-order valence-corrected chi connectivity index (χ4v) is 3.09. The van der Waals surface area contributed by atoms with Crippen molar-refractivity contribution in [2.45, 2.75) is 6.92 Å². The van der Waals surface area contributed by atoms with Crippen LogP contribution < -0.4 is 5.32 Å². The second-order valence-corrected chi connectivity index (χ2v) is 5.58. The fraction of sp³-hybridized carbons (Fsp3) is 0.0500. The van der Waals surface area contributed by atoms with Crippen molar-refractivity contribution in [1.29, 1.82) is 0 Å². The zero-order chi connectivity index (χ0) is 15.1. The summed E-state index contributed by atoms with van der Waals surface area (Å²) in [5, 5.41) is 2.92. The van der Waals surface area contributed by atoms with E-state index in [1.807, 2.05) is 48.5 Å². The van der Waals surface area contributed by atoms with Gasteiger partial charge in [-0.3, -0.25) is 4.79 Å². The number of benzene rings is 1. The van der Waals surface area contributed by atoms with Crippen molar-refractivity contribution in [3.8, 4) is 11.1 Å². The molecule has 1 amide bonds. The summed E-state index contributed by atoms with van der Waals surface area (Å²) >= 11 is 0. The first kappa shape index (κ1) is 12.8. The number of rotatable bonds is 1. The van der Waals surface area contributed by atoms with Crippen LogP contribution in [0.5, 0.6) is 0 Å². The van der Waals surface area contributed by atoms with Gasteiger partial charge in [0.15, 0.2) is 0 Å². The van der Waals surface area contributed by atoms with Gasteiger partial charge in [-0.15, -0.1) is 0 Å². The van der Waals surface area contributed by atoms with E-state index in [2.05, 4.69) is 30.4 Å². The Balaban J connectivity index is 1.90. The lowest BCUT2D eigenvalue weighted by Gasteiger charge is -1.99. The highest BCUT2D eigenvalue weighted by atomic mass is 16.2. The number of nitrogens with one attached hydrogen (secondary N) is 1. The van der Waals surface area contributed by atoms with Gasteiger partial charge in [0.05, 0.1) is 0 Å². The summed E-state index contributed by atoms with van der Waals surface area (Å²) in [6.45, 7) is 2.10. The molecule has 4 rings (SSSR count). The van der Waals surface area contributed by atoms with Crippen molar-refractivity contribution in [1.82, 2.24) is 0 Å². The van der Waals surface area contributed by atoms with E-state index in [4.69, 9.17) is 0 Å². The molecule has 0 bridgehead atoms. The monoisotopic (exact) mass is 285 g/mol. The lowest BCUT2D eigenvalue weighted by atomic mass is 10.0. The van der Waals surface area contributed by atoms with Crippen LogP contribution in [0.3, 0.4) is 0 Å². The number of amides is 1. The van der Waals surface area contributed by atoms with Gasteiger partial charge in [0, 0.05) is 16.8 Å². The first-order valence-electron chi connectivity index (χ1n) is 7.35. The summed E-state index contributed by atoms with van der Waals surface area (Å²) < 4.78 is 0. The smallest absolute Gasteiger partial charge is 0.256 e. The summed E-state index contributed by atoms with van der Waals surface area (Å²) in [6, 6.07) is 20.3. The number of carbonyl (C=O) groups excluding carboxylic acids is 1. The van der Waals surface area contributed by atoms with E-state index in [1.54, 1.807) is 0 Å². The van der Waals surface area contributed by atoms with Crippen molar-refractivity contribution >= 4 is 23.2 Å². The maximum Gasteiger partial charge on any atom is 0.256 e. The molecule has 2 aliphatic carbocycles. The Morgan fingerprint density at radius 1 is 0.864 bits per heavy atom. The average Bonchev–Trinajstić information content (AvgIpc) is 2.86. The van der Waals surface area contributed by atoms with Gasteiger partial charge in [-0.2, -0.15) is 0 Å². The van der Waals surface area contributed by atoms with E-state index >= 15 is 0 Å². The van der Waals surface area contributed by atoms with Crippen LogP contribution in [0.1, 0.15) is 16.7 Å². The number of aryl methyl sites for hydroxylation is 1. The zero-order valence-electron chi connectivity index (χ0n) is 12.3. The van der Waals surface area contributed by atoms with Gasteiger partial charge < -0.3 is 5.32 Å². The molecule has 0 atom stereocenters. The molecule has 2 nitrogen and oxygen atoms in total. The molecule has 0 saturated carbocycles. The molecule has 1 aromatic carbocycles. The minimum Gasteiger partial charge on any atom is -0.321 e. The van der Waals surface area contributed by atoms with Crippen LogP contribution in [0.4, 0.5) is 5.69 Å². The van der Waals surface area contributed by atoms with Crippen molar-refractivity contribution < 1.29 is 4.79 Å². The van der Waals surface area contributed by atoms with Crippen LogP contribution in [-0.4, -0.2) is 5.91 Å². The van der Waals surface area contributed by atoms with Gasteiger partial charge in [-0.05, 0) is 41.3 Å². The predicted molar refractivity (Wildman–Crippen MR) is 90.7 cm³/mol. The molecular formula is C20H15NO. The van der Waals surface area contributed by atoms with E-state index in [9.17, 15) is 4.79 Å². The van der Waals surface area contributed by atoms with Crippen molar-refractivity contribution in [2.24, 2.45) is 0 Å². The van der Waals surface area contributed by atoms with Gasteiger partial charge in [0.25, 0.3) is 5.91 Å². The van der Waals surface area contributed by atoms with Crippen LogP contribution in [0, 0.1) is 6.92 Å². The normalized spacial score (nSPS) is 15.1. The molecule has 1 aliphatic heterocycles. The Hall–Kier alpha value is -2.87. The summed E-state index contributed by atoms with van der Waals surface area (Å²) in [4.78, 5) is 12.3. The third-order valence-electron chi connectivity index (χ3n) is 4.16. The van der Waals surface area contributed by atoms with E-state index in [0.717, 1.165) is 22.4 Å². The zero-order valence-corrected chi connectivity index (χ0v) is 12.3. The van der Waals surface area contributed by atoms with Gasteiger partial charge in [0.1, 0.15) is 0 Å². The second kappa shape index (κ2) is 4.85. The van der Waals surface area contributed by atoms with Gasteiger partial charge in [0.2, 0.25) is 0 Å². The van der Waals surface area contributed by atoms with Gasteiger partial charge >= 0.3 is 0 Å². The molecule has 106 valence electrons.